The normalized spacial score (nSPS) is 11.1. The van der Waals surface area contributed by atoms with Gasteiger partial charge in [0.05, 0.1) is 5.69 Å². The lowest BCUT2D eigenvalue weighted by atomic mass is 10.1. The Morgan fingerprint density at radius 1 is 0.853 bits per heavy atom. The van der Waals surface area contributed by atoms with E-state index in [0.717, 1.165) is 40.0 Å². The van der Waals surface area contributed by atoms with E-state index < -0.39 is 0 Å². The fraction of sp³-hybridized carbons (Fsp3) is 0.200. The summed E-state index contributed by atoms with van der Waals surface area (Å²) in [7, 11) is 0. The first kappa shape index (κ1) is 22.0. The number of nitrogens with zero attached hydrogens (tertiary/aromatic N) is 7. The molecule has 0 atom stereocenters. The van der Waals surface area contributed by atoms with Crippen LogP contribution >= 0.6 is 11.8 Å². The van der Waals surface area contributed by atoms with E-state index in [-0.39, 0.29) is 0 Å². The summed E-state index contributed by atoms with van der Waals surface area (Å²) in [4.78, 5) is 12.6. The van der Waals surface area contributed by atoms with E-state index in [2.05, 4.69) is 66.9 Å². The van der Waals surface area contributed by atoms with Crippen LogP contribution in [0.15, 0.2) is 76.9 Å². The second kappa shape index (κ2) is 9.96. The van der Waals surface area contributed by atoms with Gasteiger partial charge in [0, 0.05) is 48.1 Å². The second-order valence-corrected chi connectivity index (χ2v) is 8.91. The molecule has 0 spiro atoms. The van der Waals surface area contributed by atoms with E-state index >= 15 is 0 Å². The minimum Gasteiger partial charge on any atom is -0.339 e. The largest absolute Gasteiger partial charge is 0.339 e. The molecule has 0 N–H and O–H groups in total. The lowest BCUT2D eigenvalue weighted by Gasteiger charge is -2.12. The van der Waals surface area contributed by atoms with E-state index in [9.17, 15) is 0 Å². The van der Waals surface area contributed by atoms with E-state index in [1.807, 2.05) is 24.3 Å². The number of rotatable bonds is 8. The van der Waals surface area contributed by atoms with Gasteiger partial charge in [0.25, 0.3) is 0 Å². The highest BCUT2D eigenvalue weighted by atomic mass is 32.2. The fourth-order valence-electron chi connectivity index (χ4n) is 3.51. The smallest absolute Gasteiger partial charge is 0.226 e. The van der Waals surface area contributed by atoms with Crippen LogP contribution in [-0.2, 0) is 6.42 Å². The van der Waals surface area contributed by atoms with Crippen LogP contribution in [0.25, 0.3) is 28.5 Å². The van der Waals surface area contributed by atoms with Gasteiger partial charge in [-0.05, 0) is 67.8 Å². The van der Waals surface area contributed by atoms with Crippen LogP contribution in [-0.4, -0.2) is 40.6 Å². The maximum Gasteiger partial charge on any atom is 0.226 e. The Balaban J connectivity index is 1.31. The Morgan fingerprint density at radius 3 is 2.32 bits per heavy atom. The second-order valence-electron chi connectivity index (χ2n) is 7.85. The molecule has 0 aliphatic rings. The van der Waals surface area contributed by atoms with Crippen LogP contribution < -0.4 is 0 Å². The molecule has 0 unspecified atom stereocenters. The Morgan fingerprint density at radius 2 is 1.59 bits per heavy atom. The van der Waals surface area contributed by atoms with Crippen LogP contribution in [0.2, 0.25) is 0 Å². The minimum atomic E-state index is 0.585. The predicted molar refractivity (Wildman–Crippen MR) is 131 cm³/mol. The maximum atomic E-state index is 5.42. The van der Waals surface area contributed by atoms with Gasteiger partial charge >= 0.3 is 0 Å². The number of hydrogen-bond donors (Lipinski definition) is 0. The topological polar surface area (TPSA) is 95.4 Å². The third-order valence-corrected chi connectivity index (χ3v) is 6.51. The number of hydrogen-bond acceptors (Lipinski definition) is 8. The molecular weight excluding hydrogens is 446 g/mol. The van der Waals surface area contributed by atoms with Crippen molar-refractivity contribution in [2.24, 2.45) is 0 Å². The highest BCUT2D eigenvalue weighted by Gasteiger charge is 2.17. The molecule has 4 heterocycles. The van der Waals surface area contributed by atoms with Gasteiger partial charge in [-0.3, -0.25) is 14.5 Å². The van der Waals surface area contributed by atoms with Crippen LogP contribution in [0, 0.1) is 13.8 Å². The molecule has 5 aromatic rings. The first-order valence-electron chi connectivity index (χ1n) is 11.0. The van der Waals surface area contributed by atoms with Gasteiger partial charge in [-0.25, -0.2) is 0 Å². The first-order valence-corrected chi connectivity index (χ1v) is 12.0. The van der Waals surface area contributed by atoms with Crippen molar-refractivity contribution < 1.29 is 4.52 Å². The SMILES string of the molecule is Cc1ccc(-n2c(SCCCc3nc(-c4ccncc4)no3)nnc2-c2ccncc2)cc1C. The lowest BCUT2D eigenvalue weighted by Crippen LogP contribution is -2.01. The zero-order chi connectivity index (χ0) is 23.3. The summed E-state index contributed by atoms with van der Waals surface area (Å²) in [6.07, 6.45) is 8.53. The van der Waals surface area contributed by atoms with Gasteiger partial charge in [-0.1, -0.05) is 23.0 Å². The number of thioether (sulfide) groups is 1. The molecule has 5 rings (SSSR count). The lowest BCUT2D eigenvalue weighted by molar-refractivity contribution is 0.378. The predicted octanol–water partition coefficient (Wildman–Crippen LogP) is 5.12. The summed E-state index contributed by atoms with van der Waals surface area (Å²) in [6.45, 7) is 4.23. The van der Waals surface area contributed by atoms with E-state index in [1.165, 1.54) is 11.1 Å². The molecule has 0 aliphatic heterocycles. The van der Waals surface area contributed by atoms with E-state index in [0.29, 0.717) is 18.1 Å². The van der Waals surface area contributed by atoms with Crippen LogP contribution in [0.3, 0.4) is 0 Å². The number of pyridine rings is 2. The van der Waals surface area contributed by atoms with Crippen molar-refractivity contribution in [3.8, 4) is 28.5 Å². The monoisotopic (exact) mass is 469 g/mol. The minimum absolute atomic E-state index is 0.585. The molecule has 0 radical (unpaired) electrons. The summed E-state index contributed by atoms with van der Waals surface area (Å²) in [6, 6.07) is 14.0. The van der Waals surface area contributed by atoms with Gasteiger partial charge in [-0.15, -0.1) is 10.2 Å². The average Bonchev–Trinajstić information content (AvgIpc) is 3.52. The molecule has 0 aliphatic carbocycles. The molecule has 9 heteroatoms. The van der Waals surface area contributed by atoms with Crippen molar-refractivity contribution in [1.82, 2.24) is 34.9 Å². The highest BCUT2D eigenvalue weighted by molar-refractivity contribution is 7.99. The van der Waals surface area contributed by atoms with Crippen molar-refractivity contribution in [2.75, 3.05) is 5.75 Å². The third-order valence-electron chi connectivity index (χ3n) is 5.49. The average molecular weight is 470 g/mol. The molecule has 0 fully saturated rings. The van der Waals surface area contributed by atoms with Crippen LogP contribution in [0.4, 0.5) is 0 Å². The van der Waals surface area contributed by atoms with Gasteiger partial charge in [0.2, 0.25) is 11.7 Å². The molecule has 0 amide bonds. The third kappa shape index (κ3) is 4.74. The van der Waals surface area contributed by atoms with E-state index in [4.69, 9.17) is 4.52 Å². The fourth-order valence-corrected chi connectivity index (χ4v) is 4.40. The molecule has 34 heavy (non-hydrogen) atoms. The van der Waals surface area contributed by atoms with Crippen molar-refractivity contribution in [2.45, 2.75) is 31.8 Å². The Bertz CT molecular complexity index is 1380. The van der Waals surface area contributed by atoms with Gasteiger partial charge in [0.15, 0.2) is 11.0 Å². The molecule has 0 saturated heterocycles. The van der Waals surface area contributed by atoms with Gasteiger partial charge in [0.1, 0.15) is 0 Å². The number of aromatic nitrogens is 7. The zero-order valence-electron chi connectivity index (χ0n) is 18.9. The number of benzene rings is 1. The van der Waals surface area contributed by atoms with Gasteiger partial charge < -0.3 is 4.52 Å². The first-order chi connectivity index (χ1) is 16.7. The van der Waals surface area contributed by atoms with Crippen LogP contribution in [0.1, 0.15) is 23.4 Å². The zero-order valence-corrected chi connectivity index (χ0v) is 19.7. The maximum absolute atomic E-state index is 5.42. The van der Waals surface area contributed by atoms with Crippen molar-refractivity contribution in [3.05, 3.63) is 84.3 Å². The summed E-state index contributed by atoms with van der Waals surface area (Å²) >= 11 is 1.67. The molecule has 0 saturated carbocycles. The number of aryl methyl sites for hydroxylation is 3. The Labute approximate surface area is 201 Å². The molecule has 0 bridgehead atoms. The molecule has 1 aromatic carbocycles. The van der Waals surface area contributed by atoms with Crippen molar-refractivity contribution >= 4 is 11.8 Å². The van der Waals surface area contributed by atoms with Crippen molar-refractivity contribution in [3.63, 3.8) is 0 Å². The Hall–Kier alpha value is -3.85. The summed E-state index contributed by atoms with van der Waals surface area (Å²) < 4.78 is 7.53. The van der Waals surface area contributed by atoms with E-state index in [1.54, 1.807) is 36.5 Å². The quantitative estimate of drug-likeness (QED) is 0.228. The summed E-state index contributed by atoms with van der Waals surface area (Å²) in [5.74, 6) is 2.85. The standard InChI is InChI=1S/C25H23N7OS/c1-17-5-6-21(16-18(17)2)32-24(20-9-13-27-14-10-20)29-30-25(32)34-15-3-4-22-28-23(31-33-22)19-7-11-26-12-8-19/h5-14,16H,3-4,15H2,1-2H3. The highest BCUT2D eigenvalue weighted by Crippen LogP contribution is 2.29. The summed E-state index contributed by atoms with van der Waals surface area (Å²) in [5.41, 5.74) is 5.39. The van der Waals surface area contributed by atoms with Crippen molar-refractivity contribution in [1.29, 1.82) is 0 Å². The Kier molecular flexibility index (Phi) is 6.44. The molecule has 4 aromatic heterocycles. The molecular formula is C25H23N7OS. The van der Waals surface area contributed by atoms with Gasteiger partial charge in [-0.2, -0.15) is 4.98 Å². The molecule has 170 valence electrons. The summed E-state index contributed by atoms with van der Waals surface area (Å²) in [5, 5.41) is 13.9. The van der Waals surface area contributed by atoms with Crippen LogP contribution in [0.5, 0.6) is 0 Å². The molecule has 8 nitrogen and oxygen atoms in total.